The van der Waals surface area contributed by atoms with Crippen molar-refractivity contribution in [3.05, 3.63) is 60.2 Å². The van der Waals surface area contributed by atoms with Crippen LogP contribution in [0, 0.1) is 0 Å². The molecule has 2 aromatic carbocycles. The summed E-state index contributed by atoms with van der Waals surface area (Å²) in [5, 5.41) is 0. The van der Waals surface area contributed by atoms with Crippen molar-refractivity contribution < 1.29 is 17.9 Å². The van der Waals surface area contributed by atoms with Crippen LogP contribution in [-0.2, 0) is 21.4 Å². The molecular formula is C22H29N3O4S. The van der Waals surface area contributed by atoms with E-state index in [9.17, 15) is 13.2 Å². The minimum atomic E-state index is -3.63. The third-order valence-corrected chi connectivity index (χ3v) is 7.01. The number of hydrogen-bond acceptors (Lipinski definition) is 4. The van der Waals surface area contributed by atoms with E-state index in [0.717, 1.165) is 21.0 Å². The Morgan fingerprint density at radius 1 is 1.13 bits per heavy atom. The van der Waals surface area contributed by atoms with Gasteiger partial charge in [0.05, 0.1) is 13.2 Å². The molecule has 1 fully saturated rings. The van der Waals surface area contributed by atoms with Crippen LogP contribution in [0.1, 0.15) is 18.4 Å². The third-order valence-electron chi connectivity index (χ3n) is 5.45. The second kappa shape index (κ2) is 9.59. The molecule has 3 rings (SSSR count). The highest BCUT2D eigenvalue weighted by atomic mass is 32.2. The Balaban J connectivity index is 1.90. The molecule has 162 valence electrons. The number of likely N-dealkylation sites (tertiary alicyclic amines) is 1. The number of piperidine rings is 1. The lowest BCUT2D eigenvalue weighted by Gasteiger charge is -2.41. The van der Waals surface area contributed by atoms with E-state index in [1.807, 2.05) is 36.4 Å². The molecule has 0 radical (unpaired) electrons. The van der Waals surface area contributed by atoms with Crippen LogP contribution in [0.5, 0.6) is 0 Å². The number of methoxy groups -OCH3 is 1. The maximum atomic E-state index is 12.5. The quantitative estimate of drug-likeness (QED) is 0.763. The van der Waals surface area contributed by atoms with Gasteiger partial charge in [-0.25, -0.2) is 4.79 Å². The molecule has 0 bridgehead atoms. The Labute approximate surface area is 178 Å². The lowest BCUT2D eigenvalue weighted by atomic mass is 9.90. The van der Waals surface area contributed by atoms with Crippen LogP contribution in [0.2, 0.25) is 0 Å². The zero-order valence-corrected chi connectivity index (χ0v) is 18.4. The molecule has 30 heavy (non-hydrogen) atoms. The largest absolute Gasteiger partial charge is 0.453 e. The van der Waals surface area contributed by atoms with E-state index in [1.54, 1.807) is 4.90 Å². The van der Waals surface area contributed by atoms with Gasteiger partial charge >= 0.3 is 6.09 Å². The second-order valence-electron chi connectivity index (χ2n) is 7.66. The van der Waals surface area contributed by atoms with E-state index in [0.29, 0.717) is 25.8 Å². The van der Waals surface area contributed by atoms with Crippen LogP contribution < -0.4 is 4.72 Å². The van der Waals surface area contributed by atoms with Crippen LogP contribution in [0.3, 0.4) is 0 Å². The fraction of sp³-hybridized carbons (Fsp3) is 0.409. The van der Waals surface area contributed by atoms with Crippen LogP contribution in [0.15, 0.2) is 54.6 Å². The van der Waals surface area contributed by atoms with Crippen molar-refractivity contribution in [3.63, 3.8) is 0 Å². The second-order valence-corrected chi connectivity index (χ2v) is 9.57. The number of carbonyl (C=O) groups excluding carboxylic acids is 1. The number of ether oxygens (including phenoxy) is 1. The monoisotopic (exact) mass is 431 g/mol. The van der Waals surface area contributed by atoms with Gasteiger partial charge in [0.15, 0.2) is 0 Å². The van der Waals surface area contributed by atoms with Crippen LogP contribution in [0.4, 0.5) is 4.79 Å². The molecule has 1 amide bonds. The summed E-state index contributed by atoms with van der Waals surface area (Å²) in [7, 11) is 0.700. The number of hydrogen-bond donors (Lipinski definition) is 1. The summed E-state index contributed by atoms with van der Waals surface area (Å²) in [6.45, 7) is 0.538. The Kier molecular flexibility index (Phi) is 7.12. The van der Waals surface area contributed by atoms with Gasteiger partial charge in [0.25, 0.3) is 10.2 Å². The molecule has 1 heterocycles. The van der Waals surface area contributed by atoms with Crippen molar-refractivity contribution in [1.82, 2.24) is 13.9 Å². The summed E-state index contributed by atoms with van der Waals surface area (Å²) < 4.78 is 33.8. The fourth-order valence-electron chi connectivity index (χ4n) is 3.84. The molecule has 0 saturated carbocycles. The Morgan fingerprint density at radius 2 is 1.83 bits per heavy atom. The molecule has 2 aromatic rings. The average molecular weight is 432 g/mol. The zero-order valence-electron chi connectivity index (χ0n) is 17.6. The summed E-state index contributed by atoms with van der Waals surface area (Å²) in [4.78, 5) is 14.1. The fourth-order valence-corrected chi connectivity index (χ4v) is 4.71. The lowest BCUT2D eigenvalue weighted by molar-refractivity contribution is 0.0790. The highest BCUT2D eigenvalue weighted by molar-refractivity contribution is 7.87. The standard InChI is InChI=1S/C22H29N3O4S/c1-24(2)30(27,28)23-20-13-8-14-25(22(26)29-3)21(20)16-17-9-7-12-19(15-17)18-10-5-4-6-11-18/h4-7,9-12,15,20-21,23H,8,13-14,16H2,1-3H3. The smallest absolute Gasteiger partial charge is 0.409 e. The topological polar surface area (TPSA) is 79.0 Å². The average Bonchev–Trinajstić information content (AvgIpc) is 2.75. The van der Waals surface area contributed by atoms with Crippen LogP contribution in [0.25, 0.3) is 11.1 Å². The number of rotatable bonds is 6. The van der Waals surface area contributed by atoms with Crippen molar-refractivity contribution in [3.8, 4) is 11.1 Å². The maximum absolute atomic E-state index is 12.5. The lowest BCUT2D eigenvalue weighted by Crippen LogP contribution is -2.59. The summed E-state index contributed by atoms with van der Waals surface area (Å²) in [5.41, 5.74) is 3.22. The van der Waals surface area contributed by atoms with Crippen molar-refractivity contribution >= 4 is 16.3 Å². The zero-order chi connectivity index (χ0) is 21.7. The molecule has 2 unspecified atom stereocenters. The van der Waals surface area contributed by atoms with Crippen molar-refractivity contribution in [1.29, 1.82) is 0 Å². The number of amides is 1. The van der Waals surface area contributed by atoms with E-state index in [-0.39, 0.29) is 6.04 Å². The molecule has 2 atom stereocenters. The molecule has 0 spiro atoms. The van der Waals surface area contributed by atoms with Gasteiger partial charge in [-0.05, 0) is 36.0 Å². The highest BCUT2D eigenvalue weighted by Crippen LogP contribution is 2.26. The van der Waals surface area contributed by atoms with Crippen molar-refractivity contribution in [2.24, 2.45) is 0 Å². The highest BCUT2D eigenvalue weighted by Gasteiger charge is 2.37. The van der Waals surface area contributed by atoms with Gasteiger partial charge in [0.1, 0.15) is 0 Å². The molecule has 0 aliphatic carbocycles. The molecule has 1 N–H and O–H groups in total. The summed E-state index contributed by atoms with van der Waals surface area (Å²) in [5.74, 6) is 0. The summed E-state index contributed by atoms with van der Waals surface area (Å²) >= 11 is 0. The predicted molar refractivity (Wildman–Crippen MR) is 117 cm³/mol. The molecule has 8 heteroatoms. The number of nitrogens with one attached hydrogen (secondary N) is 1. The van der Waals surface area contributed by atoms with E-state index in [4.69, 9.17) is 4.74 Å². The number of carbonyl (C=O) groups is 1. The number of benzene rings is 2. The first-order chi connectivity index (χ1) is 14.3. The molecule has 7 nitrogen and oxygen atoms in total. The van der Waals surface area contributed by atoms with Crippen LogP contribution in [-0.4, -0.2) is 63.5 Å². The Bertz CT molecular complexity index is 963. The SMILES string of the molecule is COC(=O)N1CCCC(NS(=O)(=O)N(C)C)C1Cc1cccc(-c2ccccc2)c1. The van der Waals surface area contributed by atoms with Crippen molar-refractivity contribution in [2.45, 2.75) is 31.3 Å². The normalized spacial score (nSPS) is 19.7. The van der Waals surface area contributed by atoms with Gasteiger partial charge in [-0.2, -0.15) is 17.4 Å². The van der Waals surface area contributed by atoms with Crippen molar-refractivity contribution in [2.75, 3.05) is 27.7 Å². The predicted octanol–water partition coefficient (Wildman–Crippen LogP) is 2.89. The summed E-state index contributed by atoms with van der Waals surface area (Å²) in [6.07, 6.45) is 1.45. The first kappa shape index (κ1) is 22.3. The van der Waals surface area contributed by atoms with E-state index < -0.39 is 22.3 Å². The molecule has 0 aromatic heterocycles. The van der Waals surface area contributed by atoms with E-state index >= 15 is 0 Å². The molecule has 1 saturated heterocycles. The van der Waals surface area contributed by atoms with Gasteiger partial charge < -0.3 is 9.64 Å². The van der Waals surface area contributed by atoms with Gasteiger partial charge in [-0.15, -0.1) is 0 Å². The van der Waals surface area contributed by atoms with Gasteiger partial charge in [0, 0.05) is 26.7 Å². The van der Waals surface area contributed by atoms with E-state index in [2.05, 4.69) is 22.9 Å². The van der Waals surface area contributed by atoms with Crippen LogP contribution >= 0.6 is 0 Å². The van der Waals surface area contributed by atoms with Gasteiger partial charge in [-0.3, -0.25) is 0 Å². The van der Waals surface area contributed by atoms with E-state index in [1.165, 1.54) is 21.2 Å². The number of nitrogens with zero attached hydrogens (tertiary/aromatic N) is 2. The maximum Gasteiger partial charge on any atom is 0.409 e. The van der Waals surface area contributed by atoms with Gasteiger partial charge in [0.2, 0.25) is 0 Å². The van der Waals surface area contributed by atoms with Gasteiger partial charge in [-0.1, -0.05) is 54.6 Å². The minimum absolute atomic E-state index is 0.341. The molecular weight excluding hydrogens is 402 g/mol. The molecule has 1 aliphatic heterocycles. The molecule has 1 aliphatic rings. The Morgan fingerprint density at radius 3 is 2.50 bits per heavy atom. The third kappa shape index (κ3) is 5.19. The minimum Gasteiger partial charge on any atom is -0.453 e. The summed E-state index contributed by atoms with van der Waals surface area (Å²) in [6, 6.07) is 17.5. The Hall–Kier alpha value is -2.42. The first-order valence-corrected chi connectivity index (χ1v) is 11.4. The first-order valence-electron chi connectivity index (χ1n) is 10.0.